The van der Waals surface area contributed by atoms with Crippen LogP contribution in [0.1, 0.15) is 26.7 Å². The third-order valence-electron chi connectivity index (χ3n) is 3.92. The Morgan fingerprint density at radius 1 is 1.40 bits per heavy atom. The molecule has 0 aromatic carbocycles. The van der Waals surface area contributed by atoms with Gasteiger partial charge >= 0.3 is 0 Å². The molecule has 1 heterocycles. The topological polar surface area (TPSA) is 27.1 Å². The van der Waals surface area contributed by atoms with Crippen LogP contribution in [-0.2, 0) is 0 Å². The lowest BCUT2D eigenvalue weighted by atomic mass is 9.76. The van der Waals surface area contributed by atoms with Gasteiger partial charge < -0.3 is 10.3 Å². The molecule has 2 aliphatic rings. The molecule has 2 heteroatoms. The lowest BCUT2D eigenvalue weighted by molar-refractivity contribution is 0.175. The van der Waals surface area contributed by atoms with Gasteiger partial charge in [-0.2, -0.15) is 0 Å². The van der Waals surface area contributed by atoms with E-state index >= 15 is 0 Å². The molecular formula is C13H22N2. The summed E-state index contributed by atoms with van der Waals surface area (Å²) in [5.74, 6) is 2.47. The first-order valence-electron chi connectivity index (χ1n) is 6.06. The number of nitrogens with zero attached hydrogens (tertiary/aromatic N) is 1. The summed E-state index contributed by atoms with van der Waals surface area (Å²) in [5.41, 5.74) is 0. The van der Waals surface area contributed by atoms with Crippen LogP contribution in [0.5, 0.6) is 0 Å². The number of rotatable bonds is 3. The van der Waals surface area contributed by atoms with Gasteiger partial charge in [0.1, 0.15) is 0 Å². The first-order chi connectivity index (χ1) is 7.15. The van der Waals surface area contributed by atoms with Crippen molar-refractivity contribution in [2.45, 2.75) is 32.7 Å². The molecule has 0 bridgehead atoms. The maximum absolute atomic E-state index is 7.68. The predicted octanol–water partition coefficient (Wildman–Crippen LogP) is 2.76. The number of hydrogen-bond donors (Lipinski definition) is 1. The lowest BCUT2D eigenvalue weighted by Crippen LogP contribution is -2.44. The highest BCUT2D eigenvalue weighted by molar-refractivity contribution is 5.60. The number of allylic oxidation sites excluding steroid dienone is 1. The normalized spacial score (nSPS) is 36.0. The Morgan fingerprint density at radius 2 is 2.07 bits per heavy atom. The van der Waals surface area contributed by atoms with Crippen molar-refractivity contribution < 1.29 is 0 Å². The van der Waals surface area contributed by atoms with Crippen molar-refractivity contribution in [1.82, 2.24) is 4.90 Å². The van der Waals surface area contributed by atoms with Gasteiger partial charge in [-0.1, -0.05) is 19.9 Å². The van der Waals surface area contributed by atoms with Crippen LogP contribution in [0.15, 0.2) is 12.3 Å². The fraction of sp³-hybridized carbons (Fsp3) is 0.769. The van der Waals surface area contributed by atoms with Crippen molar-refractivity contribution in [2.75, 3.05) is 7.05 Å². The summed E-state index contributed by atoms with van der Waals surface area (Å²) in [6, 6.07) is 0.583. The minimum atomic E-state index is 0.424. The van der Waals surface area contributed by atoms with Crippen LogP contribution in [0, 0.1) is 29.1 Å². The Kier molecular flexibility index (Phi) is 2.85. The zero-order valence-electron chi connectivity index (χ0n) is 9.98. The maximum atomic E-state index is 7.68. The van der Waals surface area contributed by atoms with Gasteiger partial charge in [0.05, 0.1) is 0 Å². The minimum Gasteiger partial charge on any atom is -0.377 e. The Hall–Kier alpha value is -0.790. The van der Waals surface area contributed by atoms with E-state index in [2.05, 4.69) is 38.1 Å². The van der Waals surface area contributed by atoms with Gasteiger partial charge in [0.25, 0.3) is 0 Å². The summed E-state index contributed by atoms with van der Waals surface area (Å²) < 4.78 is 0. The molecule has 1 fully saturated rings. The molecule has 1 N–H and O–H groups in total. The monoisotopic (exact) mass is 206 g/mol. The van der Waals surface area contributed by atoms with E-state index in [1.807, 2.05) is 0 Å². The zero-order valence-corrected chi connectivity index (χ0v) is 9.98. The van der Waals surface area contributed by atoms with Crippen molar-refractivity contribution in [3.05, 3.63) is 12.3 Å². The lowest BCUT2D eigenvalue weighted by Gasteiger charge is -2.41. The molecule has 1 saturated carbocycles. The molecule has 0 radical (unpaired) electrons. The largest absolute Gasteiger partial charge is 0.377 e. The van der Waals surface area contributed by atoms with Crippen LogP contribution in [0.3, 0.4) is 0 Å². The van der Waals surface area contributed by atoms with E-state index in [4.69, 9.17) is 5.41 Å². The van der Waals surface area contributed by atoms with Crippen molar-refractivity contribution in [2.24, 2.45) is 23.7 Å². The molecule has 15 heavy (non-hydrogen) atoms. The molecule has 0 aromatic heterocycles. The van der Waals surface area contributed by atoms with Gasteiger partial charge in [-0.15, -0.1) is 0 Å². The Balaban J connectivity index is 2.21. The molecule has 1 aliphatic carbocycles. The second kappa shape index (κ2) is 3.99. The molecule has 0 amide bonds. The van der Waals surface area contributed by atoms with E-state index in [1.165, 1.54) is 12.8 Å². The van der Waals surface area contributed by atoms with Crippen LogP contribution in [-0.4, -0.2) is 24.2 Å². The molecule has 1 aliphatic heterocycles. The average Bonchev–Trinajstić information content (AvgIpc) is 3.00. The van der Waals surface area contributed by atoms with Gasteiger partial charge in [-0.3, -0.25) is 0 Å². The molecule has 0 saturated heterocycles. The third kappa shape index (κ3) is 1.95. The zero-order chi connectivity index (χ0) is 11.0. The van der Waals surface area contributed by atoms with Crippen molar-refractivity contribution in [3.8, 4) is 0 Å². The molecule has 84 valence electrons. The summed E-state index contributed by atoms with van der Waals surface area (Å²) in [4.78, 5) is 2.33. The van der Waals surface area contributed by atoms with E-state index in [1.54, 1.807) is 6.21 Å². The SMILES string of the molecule is CC(C)C1C=CN(C)[C@@H](C2CC2)C1C=N. The van der Waals surface area contributed by atoms with E-state index in [0.29, 0.717) is 23.8 Å². The van der Waals surface area contributed by atoms with Crippen LogP contribution in [0.25, 0.3) is 0 Å². The van der Waals surface area contributed by atoms with E-state index in [-0.39, 0.29) is 0 Å². The Morgan fingerprint density at radius 3 is 2.53 bits per heavy atom. The van der Waals surface area contributed by atoms with Crippen LogP contribution in [0.2, 0.25) is 0 Å². The molecular weight excluding hydrogens is 184 g/mol. The summed E-state index contributed by atoms with van der Waals surface area (Å²) in [5, 5.41) is 7.68. The standard InChI is InChI=1S/C13H22N2/c1-9(2)11-6-7-15(3)13(10-4-5-10)12(11)8-14/h6-14H,4-5H2,1-3H3/t11?,12?,13-/m0/s1. The Bertz CT molecular complexity index is 266. The van der Waals surface area contributed by atoms with Gasteiger partial charge in [0.15, 0.2) is 0 Å². The fourth-order valence-corrected chi connectivity index (χ4v) is 2.92. The number of nitrogens with one attached hydrogen (secondary N) is 1. The molecule has 0 spiro atoms. The molecule has 2 nitrogen and oxygen atoms in total. The highest BCUT2D eigenvalue weighted by atomic mass is 15.1. The van der Waals surface area contributed by atoms with E-state index < -0.39 is 0 Å². The summed E-state index contributed by atoms with van der Waals surface area (Å²) in [6.07, 6.45) is 8.93. The second-order valence-corrected chi connectivity index (χ2v) is 5.40. The van der Waals surface area contributed by atoms with Gasteiger partial charge in [0.2, 0.25) is 0 Å². The number of hydrogen-bond acceptors (Lipinski definition) is 2. The maximum Gasteiger partial charge on any atom is 0.0392 e. The molecule has 0 aromatic rings. The Labute approximate surface area is 92.9 Å². The van der Waals surface area contributed by atoms with Crippen LogP contribution >= 0.6 is 0 Å². The summed E-state index contributed by atoms with van der Waals surface area (Å²) in [6.45, 7) is 4.53. The van der Waals surface area contributed by atoms with Crippen LogP contribution in [0.4, 0.5) is 0 Å². The minimum absolute atomic E-state index is 0.424. The summed E-state index contributed by atoms with van der Waals surface area (Å²) >= 11 is 0. The van der Waals surface area contributed by atoms with Gasteiger partial charge in [-0.25, -0.2) is 0 Å². The van der Waals surface area contributed by atoms with Crippen LogP contribution < -0.4 is 0 Å². The first-order valence-corrected chi connectivity index (χ1v) is 6.06. The van der Waals surface area contributed by atoms with Gasteiger partial charge in [0, 0.05) is 25.2 Å². The van der Waals surface area contributed by atoms with Crippen molar-refractivity contribution in [3.63, 3.8) is 0 Å². The predicted molar refractivity (Wildman–Crippen MR) is 64.0 cm³/mol. The molecule has 2 rings (SSSR count). The van der Waals surface area contributed by atoms with Crippen molar-refractivity contribution in [1.29, 1.82) is 5.41 Å². The highest BCUT2D eigenvalue weighted by Crippen LogP contribution is 2.43. The smallest absolute Gasteiger partial charge is 0.0392 e. The first kappa shape index (κ1) is 10.7. The average molecular weight is 206 g/mol. The molecule has 3 atom stereocenters. The van der Waals surface area contributed by atoms with Crippen molar-refractivity contribution >= 4 is 6.21 Å². The van der Waals surface area contributed by atoms with E-state index in [0.717, 1.165) is 5.92 Å². The molecule has 2 unspecified atom stereocenters. The van der Waals surface area contributed by atoms with E-state index in [9.17, 15) is 0 Å². The third-order valence-corrected chi connectivity index (χ3v) is 3.92. The quantitative estimate of drug-likeness (QED) is 0.706. The summed E-state index contributed by atoms with van der Waals surface area (Å²) in [7, 11) is 2.16. The second-order valence-electron chi connectivity index (χ2n) is 5.40. The highest BCUT2D eigenvalue weighted by Gasteiger charge is 2.42. The van der Waals surface area contributed by atoms with Gasteiger partial charge in [-0.05, 0) is 36.8 Å². The fourth-order valence-electron chi connectivity index (χ4n) is 2.92.